The lowest BCUT2D eigenvalue weighted by molar-refractivity contribution is -0.137. The van der Waals surface area contributed by atoms with Crippen molar-refractivity contribution < 1.29 is 18.0 Å². The molecule has 0 bridgehead atoms. The third-order valence-corrected chi connectivity index (χ3v) is 6.82. The molecular weight excluding hydrogens is 463 g/mol. The van der Waals surface area contributed by atoms with Gasteiger partial charge in [0, 0.05) is 46.5 Å². The average molecular weight is 490 g/mol. The SMILES string of the molecule is Cc1cc(C(=O)/C(C#N)=C/C=C2\N(C)c3ccccc3C2(C)C)c(C)n1-c1cccc(C(F)(F)F)c1. The standard InChI is InChI=1S/C29H26F3N3O/c1-18-15-23(19(2)35(18)22-10-8-9-21(16-22)29(30,31)32)27(36)20(17-33)13-14-26-28(3,4)24-11-6-7-12-25(24)34(26)5/h6-16H,1-5H3/b20-13+,26-14-. The molecule has 4 rings (SSSR count). The molecule has 0 saturated carbocycles. The second-order valence-electron chi connectivity index (χ2n) is 9.44. The third kappa shape index (κ3) is 4.13. The molecular formula is C29H26F3N3O. The Bertz CT molecular complexity index is 1470. The largest absolute Gasteiger partial charge is 0.416 e. The van der Waals surface area contributed by atoms with Gasteiger partial charge in [0.05, 0.1) is 5.56 Å². The van der Waals surface area contributed by atoms with Crippen LogP contribution in [-0.4, -0.2) is 17.4 Å². The topological polar surface area (TPSA) is 49.0 Å². The summed E-state index contributed by atoms with van der Waals surface area (Å²) < 4.78 is 41.3. The third-order valence-electron chi connectivity index (χ3n) is 6.82. The second kappa shape index (κ2) is 8.87. The van der Waals surface area contributed by atoms with Crippen LogP contribution in [0.5, 0.6) is 0 Å². The number of hydrogen-bond donors (Lipinski definition) is 0. The lowest BCUT2D eigenvalue weighted by Crippen LogP contribution is -2.22. The molecule has 36 heavy (non-hydrogen) atoms. The maximum absolute atomic E-state index is 13.4. The van der Waals surface area contributed by atoms with E-state index in [4.69, 9.17) is 0 Å². The Labute approximate surface area is 208 Å². The van der Waals surface area contributed by atoms with Gasteiger partial charge in [-0.25, -0.2) is 0 Å². The number of anilines is 1. The van der Waals surface area contributed by atoms with Crippen LogP contribution >= 0.6 is 0 Å². The Morgan fingerprint density at radius 3 is 2.39 bits per heavy atom. The van der Waals surface area contributed by atoms with Crippen LogP contribution in [0.2, 0.25) is 0 Å². The summed E-state index contributed by atoms with van der Waals surface area (Å²) in [4.78, 5) is 15.4. The number of carbonyl (C=O) groups excluding carboxylic acids is 1. The van der Waals surface area contributed by atoms with Gasteiger partial charge >= 0.3 is 6.18 Å². The highest BCUT2D eigenvalue weighted by Crippen LogP contribution is 2.46. The number of fused-ring (bicyclic) bond motifs is 1. The molecule has 0 aliphatic carbocycles. The van der Waals surface area contributed by atoms with Gasteiger partial charge in [0.15, 0.2) is 0 Å². The van der Waals surface area contributed by atoms with Crippen molar-refractivity contribution in [2.45, 2.75) is 39.3 Å². The van der Waals surface area contributed by atoms with Crippen LogP contribution in [0, 0.1) is 25.2 Å². The number of nitrogens with zero attached hydrogens (tertiary/aromatic N) is 3. The van der Waals surface area contributed by atoms with Crippen molar-refractivity contribution in [1.82, 2.24) is 4.57 Å². The number of benzene rings is 2. The van der Waals surface area contributed by atoms with Crippen molar-refractivity contribution in [3.63, 3.8) is 0 Å². The molecule has 4 nitrogen and oxygen atoms in total. The summed E-state index contributed by atoms with van der Waals surface area (Å²) in [5.74, 6) is -0.475. The number of Topliss-reactive ketones (excluding diaryl/α,β-unsaturated/α-hetero) is 1. The fourth-order valence-corrected chi connectivity index (χ4v) is 4.98. The van der Waals surface area contributed by atoms with Gasteiger partial charge in [-0.2, -0.15) is 18.4 Å². The quantitative estimate of drug-likeness (QED) is 0.224. The number of allylic oxidation sites excluding steroid dienone is 4. The van der Waals surface area contributed by atoms with Gasteiger partial charge in [0.25, 0.3) is 0 Å². The number of para-hydroxylation sites is 1. The number of carbonyl (C=O) groups is 1. The Morgan fingerprint density at radius 2 is 1.75 bits per heavy atom. The molecule has 184 valence electrons. The summed E-state index contributed by atoms with van der Waals surface area (Å²) in [6.07, 6.45) is -1.16. The van der Waals surface area contributed by atoms with Gasteiger partial charge in [0.1, 0.15) is 11.6 Å². The van der Waals surface area contributed by atoms with Crippen LogP contribution in [-0.2, 0) is 11.6 Å². The normalized spacial score (nSPS) is 16.2. The molecule has 0 atom stereocenters. The van der Waals surface area contributed by atoms with E-state index in [0.29, 0.717) is 17.1 Å². The highest BCUT2D eigenvalue weighted by atomic mass is 19.4. The van der Waals surface area contributed by atoms with E-state index in [1.54, 1.807) is 36.6 Å². The van der Waals surface area contributed by atoms with Crippen LogP contribution in [0.25, 0.3) is 5.69 Å². The number of aromatic nitrogens is 1. The van der Waals surface area contributed by atoms with Gasteiger partial charge in [0.2, 0.25) is 5.78 Å². The van der Waals surface area contributed by atoms with E-state index in [1.165, 1.54) is 12.1 Å². The zero-order chi connectivity index (χ0) is 26.4. The van der Waals surface area contributed by atoms with Gasteiger partial charge in [-0.05, 0) is 61.9 Å². The smallest absolute Gasteiger partial charge is 0.347 e. The predicted molar refractivity (Wildman–Crippen MR) is 134 cm³/mol. The number of aryl methyl sites for hydroxylation is 1. The van der Waals surface area contributed by atoms with E-state index in [1.807, 2.05) is 36.2 Å². The molecule has 0 saturated heterocycles. The molecule has 1 aliphatic heterocycles. The molecule has 0 amide bonds. The molecule has 0 fully saturated rings. The summed E-state index contributed by atoms with van der Waals surface area (Å²) in [5.41, 5.74) is 3.67. The molecule has 7 heteroatoms. The molecule has 0 spiro atoms. The maximum atomic E-state index is 13.4. The molecule has 0 unspecified atom stereocenters. The predicted octanol–water partition coefficient (Wildman–Crippen LogP) is 7.06. The number of rotatable bonds is 4. The number of likely N-dealkylation sites (N-methyl/N-ethyl adjacent to an activating group) is 1. The lowest BCUT2D eigenvalue weighted by atomic mass is 9.83. The van der Waals surface area contributed by atoms with Gasteiger partial charge in [-0.1, -0.05) is 38.1 Å². The van der Waals surface area contributed by atoms with Gasteiger partial charge < -0.3 is 9.47 Å². The summed E-state index contributed by atoms with van der Waals surface area (Å²) in [5, 5.41) is 9.80. The van der Waals surface area contributed by atoms with E-state index >= 15 is 0 Å². The molecule has 3 aromatic rings. The highest BCUT2D eigenvalue weighted by molar-refractivity contribution is 6.12. The second-order valence-corrected chi connectivity index (χ2v) is 9.44. The Balaban J connectivity index is 1.72. The van der Waals surface area contributed by atoms with Crippen molar-refractivity contribution >= 4 is 11.5 Å². The molecule has 1 aromatic heterocycles. The number of nitriles is 1. The van der Waals surface area contributed by atoms with E-state index in [0.717, 1.165) is 29.1 Å². The molecule has 0 radical (unpaired) electrons. The van der Waals surface area contributed by atoms with Crippen molar-refractivity contribution in [2.75, 3.05) is 11.9 Å². The molecule has 1 aliphatic rings. The summed E-state index contributed by atoms with van der Waals surface area (Å²) in [6, 6.07) is 16.6. The first-order valence-corrected chi connectivity index (χ1v) is 11.4. The number of hydrogen-bond acceptors (Lipinski definition) is 3. The minimum absolute atomic E-state index is 0.0491. The van der Waals surface area contributed by atoms with Crippen LogP contribution in [0.4, 0.5) is 18.9 Å². The van der Waals surface area contributed by atoms with E-state index in [2.05, 4.69) is 19.9 Å². The van der Waals surface area contributed by atoms with Crippen molar-refractivity contribution in [2.24, 2.45) is 0 Å². The summed E-state index contributed by atoms with van der Waals surface area (Å²) >= 11 is 0. The summed E-state index contributed by atoms with van der Waals surface area (Å²) in [7, 11) is 1.95. The minimum atomic E-state index is -4.48. The first-order chi connectivity index (χ1) is 16.9. The minimum Gasteiger partial charge on any atom is -0.347 e. The van der Waals surface area contributed by atoms with E-state index in [-0.39, 0.29) is 16.6 Å². The number of ketones is 1. The fraction of sp³-hybridized carbons (Fsp3) is 0.241. The van der Waals surface area contributed by atoms with E-state index in [9.17, 15) is 23.2 Å². The van der Waals surface area contributed by atoms with Crippen LogP contribution < -0.4 is 4.90 Å². The fourth-order valence-electron chi connectivity index (χ4n) is 4.98. The average Bonchev–Trinajstić information content (AvgIpc) is 3.23. The Hall–Kier alpha value is -4.05. The number of halogens is 3. The van der Waals surface area contributed by atoms with Crippen LogP contribution in [0.1, 0.15) is 46.7 Å². The van der Waals surface area contributed by atoms with Crippen molar-refractivity contribution in [1.29, 1.82) is 5.26 Å². The van der Waals surface area contributed by atoms with Crippen molar-refractivity contribution in [3.05, 3.63) is 106 Å². The first-order valence-electron chi connectivity index (χ1n) is 11.4. The van der Waals surface area contributed by atoms with Crippen molar-refractivity contribution in [3.8, 4) is 11.8 Å². The van der Waals surface area contributed by atoms with Gasteiger partial charge in [-0.15, -0.1) is 0 Å². The highest BCUT2D eigenvalue weighted by Gasteiger charge is 2.38. The van der Waals surface area contributed by atoms with Crippen LogP contribution in [0.3, 0.4) is 0 Å². The summed E-state index contributed by atoms with van der Waals surface area (Å²) in [6.45, 7) is 7.56. The lowest BCUT2D eigenvalue weighted by Gasteiger charge is -2.23. The monoisotopic (exact) mass is 489 g/mol. The number of alkyl halides is 3. The zero-order valence-corrected chi connectivity index (χ0v) is 20.7. The first kappa shape index (κ1) is 25.1. The molecule has 0 N–H and O–H groups in total. The zero-order valence-electron chi connectivity index (χ0n) is 20.7. The molecule has 2 heterocycles. The molecule has 2 aromatic carbocycles. The van der Waals surface area contributed by atoms with Gasteiger partial charge in [-0.3, -0.25) is 4.79 Å². The van der Waals surface area contributed by atoms with E-state index < -0.39 is 17.5 Å². The van der Waals surface area contributed by atoms with Crippen LogP contribution in [0.15, 0.2) is 78.0 Å². The maximum Gasteiger partial charge on any atom is 0.416 e. The Kier molecular flexibility index (Phi) is 6.17. The Morgan fingerprint density at radius 1 is 1.06 bits per heavy atom.